The van der Waals surface area contributed by atoms with Gasteiger partial charge in [0.1, 0.15) is 12.4 Å². The van der Waals surface area contributed by atoms with E-state index in [0.29, 0.717) is 35.8 Å². The molecule has 1 amide bonds. The zero-order valence-electron chi connectivity index (χ0n) is 17.6. The number of rotatable bonds is 7. The van der Waals surface area contributed by atoms with Crippen LogP contribution in [0.15, 0.2) is 54.6 Å². The van der Waals surface area contributed by atoms with Gasteiger partial charge in [0.15, 0.2) is 0 Å². The van der Waals surface area contributed by atoms with E-state index in [4.69, 9.17) is 4.74 Å². The Labute approximate surface area is 179 Å². The molecule has 0 aliphatic heterocycles. The Morgan fingerprint density at radius 3 is 2.48 bits per heavy atom. The van der Waals surface area contributed by atoms with Crippen LogP contribution in [0.2, 0.25) is 0 Å². The fourth-order valence-corrected chi connectivity index (χ4v) is 3.22. The van der Waals surface area contributed by atoms with E-state index in [-0.39, 0.29) is 12.3 Å². The van der Waals surface area contributed by atoms with Crippen molar-refractivity contribution in [3.63, 3.8) is 0 Å². The number of nitrogens with zero attached hydrogens (tertiary/aromatic N) is 3. The van der Waals surface area contributed by atoms with Gasteiger partial charge in [0.25, 0.3) is 0 Å². The van der Waals surface area contributed by atoms with E-state index >= 15 is 0 Å². The van der Waals surface area contributed by atoms with Crippen LogP contribution in [0.5, 0.6) is 5.75 Å². The molecule has 0 unspecified atom stereocenters. The first-order valence-corrected chi connectivity index (χ1v) is 9.81. The van der Waals surface area contributed by atoms with Crippen molar-refractivity contribution in [2.45, 2.75) is 26.4 Å². The van der Waals surface area contributed by atoms with Gasteiger partial charge in [-0.25, -0.2) is 4.68 Å². The lowest BCUT2D eigenvalue weighted by Crippen LogP contribution is -2.32. The Kier molecular flexibility index (Phi) is 6.68. The maximum absolute atomic E-state index is 13.0. The lowest BCUT2D eigenvalue weighted by molar-refractivity contribution is -0.137. The number of hydrogen-bond donors (Lipinski definition) is 0. The van der Waals surface area contributed by atoms with E-state index in [1.807, 2.05) is 30.3 Å². The smallest absolute Gasteiger partial charge is 0.416 e. The number of benzene rings is 2. The van der Waals surface area contributed by atoms with Gasteiger partial charge in [0.05, 0.1) is 29.9 Å². The summed E-state index contributed by atoms with van der Waals surface area (Å²) in [5.41, 5.74) is 1.52. The van der Waals surface area contributed by atoms with Gasteiger partial charge in [-0.3, -0.25) is 4.79 Å². The average Bonchev–Trinajstić information content (AvgIpc) is 3.02. The summed E-state index contributed by atoms with van der Waals surface area (Å²) in [6.45, 7) is 4.26. The first-order valence-electron chi connectivity index (χ1n) is 9.81. The van der Waals surface area contributed by atoms with Crippen molar-refractivity contribution in [2.75, 3.05) is 20.2 Å². The summed E-state index contributed by atoms with van der Waals surface area (Å²) < 4.78 is 46.2. The summed E-state index contributed by atoms with van der Waals surface area (Å²) in [6.07, 6.45) is -4.33. The highest BCUT2D eigenvalue weighted by Gasteiger charge is 2.31. The molecule has 0 atom stereocenters. The molecule has 164 valence electrons. The van der Waals surface area contributed by atoms with Gasteiger partial charge in [-0.15, -0.1) is 0 Å². The van der Waals surface area contributed by atoms with Gasteiger partial charge in [-0.1, -0.05) is 24.3 Å². The van der Waals surface area contributed by atoms with Crippen molar-refractivity contribution >= 4 is 5.91 Å². The number of carbonyl (C=O) groups excluding carboxylic acids is 1. The van der Waals surface area contributed by atoms with E-state index in [2.05, 4.69) is 5.10 Å². The molecular formula is C23H24F3N3O2. The van der Waals surface area contributed by atoms with Crippen LogP contribution in [0.4, 0.5) is 13.2 Å². The van der Waals surface area contributed by atoms with Gasteiger partial charge >= 0.3 is 6.18 Å². The van der Waals surface area contributed by atoms with Crippen LogP contribution < -0.4 is 4.74 Å². The van der Waals surface area contributed by atoms with E-state index < -0.39 is 11.7 Å². The summed E-state index contributed by atoms with van der Waals surface area (Å²) in [5, 5.41) is 4.37. The molecule has 31 heavy (non-hydrogen) atoms. The standard InChI is InChI=1S/C23H24F3N3O2/c1-16-21(15-22(30)28(3)12-13-31-20-10-5-4-6-11-20)17(2)29(27-16)19-9-7-8-18(14-19)23(24,25)26/h4-11,14H,12-13,15H2,1-3H3. The zero-order valence-corrected chi connectivity index (χ0v) is 17.6. The third kappa shape index (κ3) is 5.45. The second kappa shape index (κ2) is 9.24. The number of aromatic nitrogens is 2. The number of likely N-dealkylation sites (N-methyl/N-ethyl adjacent to an activating group) is 1. The van der Waals surface area contributed by atoms with E-state index in [1.165, 1.54) is 10.7 Å². The maximum atomic E-state index is 13.0. The summed E-state index contributed by atoms with van der Waals surface area (Å²) in [5.74, 6) is 0.615. The summed E-state index contributed by atoms with van der Waals surface area (Å²) in [4.78, 5) is 14.2. The molecule has 1 heterocycles. The number of ether oxygens (including phenoxy) is 1. The molecule has 0 spiro atoms. The summed E-state index contributed by atoms with van der Waals surface area (Å²) in [7, 11) is 1.69. The molecule has 0 aliphatic carbocycles. The van der Waals surface area contributed by atoms with Crippen LogP contribution in [-0.2, 0) is 17.4 Å². The highest BCUT2D eigenvalue weighted by atomic mass is 19.4. The normalized spacial score (nSPS) is 11.4. The predicted molar refractivity (Wildman–Crippen MR) is 111 cm³/mol. The molecule has 8 heteroatoms. The third-order valence-electron chi connectivity index (χ3n) is 5.05. The first kappa shape index (κ1) is 22.4. The van der Waals surface area contributed by atoms with Crippen LogP contribution in [-0.4, -0.2) is 40.8 Å². The molecule has 0 saturated heterocycles. The Hall–Kier alpha value is -3.29. The third-order valence-corrected chi connectivity index (χ3v) is 5.05. The minimum absolute atomic E-state index is 0.110. The van der Waals surface area contributed by atoms with Gasteiger partial charge in [0.2, 0.25) is 5.91 Å². The van der Waals surface area contributed by atoms with Crippen molar-refractivity contribution in [3.8, 4) is 11.4 Å². The first-order chi connectivity index (χ1) is 14.7. The van der Waals surface area contributed by atoms with Gasteiger partial charge < -0.3 is 9.64 Å². The van der Waals surface area contributed by atoms with Crippen molar-refractivity contribution in [2.24, 2.45) is 0 Å². The topological polar surface area (TPSA) is 47.4 Å². The number of hydrogen-bond acceptors (Lipinski definition) is 3. The van der Waals surface area contributed by atoms with E-state index in [0.717, 1.165) is 17.9 Å². The highest BCUT2D eigenvalue weighted by molar-refractivity contribution is 5.79. The predicted octanol–water partition coefficient (Wildman–Crippen LogP) is 4.59. The Morgan fingerprint density at radius 2 is 1.81 bits per heavy atom. The molecule has 1 aromatic heterocycles. The highest BCUT2D eigenvalue weighted by Crippen LogP contribution is 2.31. The van der Waals surface area contributed by atoms with Crippen LogP contribution >= 0.6 is 0 Å². The minimum atomic E-state index is -4.44. The van der Waals surface area contributed by atoms with Crippen LogP contribution in [0, 0.1) is 13.8 Å². The molecule has 0 fully saturated rings. The van der Waals surface area contributed by atoms with Crippen molar-refractivity contribution in [1.82, 2.24) is 14.7 Å². The molecule has 2 aromatic carbocycles. The Bertz CT molecular complexity index is 1050. The van der Waals surface area contributed by atoms with Gasteiger partial charge in [0, 0.05) is 18.3 Å². The van der Waals surface area contributed by atoms with Crippen LogP contribution in [0.1, 0.15) is 22.5 Å². The Morgan fingerprint density at radius 1 is 1.10 bits per heavy atom. The number of para-hydroxylation sites is 1. The fourth-order valence-electron chi connectivity index (χ4n) is 3.22. The van der Waals surface area contributed by atoms with Crippen molar-refractivity contribution < 1.29 is 22.7 Å². The lowest BCUT2D eigenvalue weighted by Gasteiger charge is -2.18. The summed E-state index contributed by atoms with van der Waals surface area (Å²) >= 11 is 0. The fraction of sp³-hybridized carbons (Fsp3) is 0.304. The molecule has 0 N–H and O–H groups in total. The van der Waals surface area contributed by atoms with Crippen molar-refractivity contribution in [3.05, 3.63) is 77.1 Å². The molecule has 0 aliphatic rings. The van der Waals surface area contributed by atoms with Gasteiger partial charge in [-0.2, -0.15) is 18.3 Å². The lowest BCUT2D eigenvalue weighted by atomic mass is 10.1. The summed E-state index contributed by atoms with van der Waals surface area (Å²) in [6, 6.07) is 14.3. The molecule has 0 saturated carbocycles. The number of halogens is 3. The molecule has 3 aromatic rings. The SMILES string of the molecule is Cc1nn(-c2cccc(C(F)(F)F)c2)c(C)c1CC(=O)N(C)CCOc1ccccc1. The zero-order chi connectivity index (χ0) is 22.6. The maximum Gasteiger partial charge on any atom is 0.416 e. The molecule has 0 bridgehead atoms. The second-order valence-electron chi connectivity index (χ2n) is 7.26. The average molecular weight is 431 g/mol. The van der Waals surface area contributed by atoms with Crippen LogP contribution in [0.3, 0.4) is 0 Å². The minimum Gasteiger partial charge on any atom is -0.492 e. The van der Waals surface area contributed by atoms with E-state index in [9.17, 15) is 18.0 Å². The molecule has 3 rings (SSSR count). The number of amides is 1. The molecule has 0 radical (unpaired) electrons. The molecular weight excluding hydrogens is 407 g/mol. The second-order valence-corrected chi connectivity index (χ2v) is 7.26. The monoisotopic (exact) mass is 431 g/mol. The largest absolute Gasteiger partial charge is 0.492 e. The van der Waals surface area contributed by atoms with Gasteiger partial charge in [-0.05, 0) is 44.2 Å². The number of carbonyl (C=O) groups is 1. The number of aryl methyl sites for hydroxylation is 1. The number of alkyl halides is 3. The van der Waals surface area contributed by atoms with Crippen LogP contribution in [0.25, 0.3) is 5.69 Å². The van der Waals surface area contributed by atoms with E-state index in [1.54, 1.807) is 31.9 Å². The quantitative estimate of drug-likeness (QED) is 0.550. The molecule has 5 nitrogen and oxygen atoms in total. The van der Waals surface area contributed by atoms with Crippen molar-refractivity contribution in [1.29, 1.82) is 0 Å². The Balaban J connectivity index is 1.68.